The summed E-state index contributed by atoms with van der Waals surface area (Å²) in [4.78, 5) is 24.6. The number of para-hydroxylation sites is 2. The third kappa shape index (κ3) is 6.29. The van der Waals surface area contributed by atoms with Crippen LogP contribution in [-0.2, 0) is 14.3 Å². The number of aromatic hydroxyl groups is 1. The van der Waals surface area contributed by atoms with Gasteiger partial charge in [-0.3, -0.25) is 10.1 Å². The molecule has 0 fully saturated rings. The maximum Gasteiger partial charge on any atom is 0.344 e. The number of nitriles is 1. The molecule has 1 heterocycles. The van der Waals surface area contributed by atoms with Gasteiger partial charge in [0, 0.05) is 11.1 Å². The van der Waals surface area contributed by atoms with Crippen molar-refractivity contribution in [3.05, 3.63) is 78.4 Å². The molecule has 0 aliphatic heterocycles. The normalized spacial score (nSPS) is 10.3. The fourth-order valence-electron chi connectivity index (χ4n) is 3.67. The van der Waals surface area contributed by atoms with Crippen LogP contribution < -0.4 is 19.5 Å². The number of hydrogen-bond acceptors (Lipinski definition) is 9. The van der Waals surface area contributed by atoms with Crippen LogP contribution in [0.1, 0.15) is 5.56 Å². The lowest BCUT2D eigenvalue weighted by atomic mass is 9.98. The molecule has 1 amide bonds. The van der Waals surface area contributed by atoms with E-state index in [0.29, 0.717) is 33.9 Å². The summed E-state index contributed by atoms with van der Waals surface area (Å²) in [6.07, 6.45) is 0. The Hall–Kier alpha value is -5.43. The number of benzene rings is 3. The van der Waals surface area contributed by atoms with Crippen LogP contribution >= 0.6 is 0 Å². The second kappa shape index (κ2) is 12.2. The van der Waals surface area contributed by atoms with Crippen molar-refractivity contribution in [2.75, 3.05) is 32.8 Å². The number of ether oxygens (including phenoxy) is 4. The Bertz CT molecular complexity index is 1500. The first-order valence-electron chi connectivity index (χ1n) is 11.7. The molecule has 0 radical (unpaired) electrons. The van der Waals surface area contributed by atoms with Crippen molar-refractivity contribution >= 4 is 17.8 Å². The molecule has 1 aromatic heterocycles. The minimum atomic E-state index is -0.828. The molecule has 0 unspecified atom stereocenters. The van der Waals surface area contributed by atoms with E-state index in [0.717, 1.165) is 0 Å². The van der Waals surface area contributed by atoms with Crippen LogP contribution in [0.2, 0.25) is 0 Å². The summed E-state index contributed by atoms with van der Waals surface area (Å²) in [5.74, 6) is -0.0593. The first-order chi connectivity index (χ1) is 18.9. The highest BCUT2D eigenvalue weighted by Crippen LogP contribution is 2.42. The lowest BCUT2D eigenvalue weighted by molar-refractivity contribution is -0.149. The molecule has 0 atom stereocenters. The lowest BCUT2D eigenvalue weighted by Gasteiger charge is -2.08. The third-order valence-electron chi connectivity index (χ3n) is 5.58. The van der Waals surface area contributed by atoms with Crippen LogP contribution in [0.25, 0.3) is 22.5 Å². The molecule has 0 aliphatic carbocycles. The SMILES string of the molecule is COc1ccc(-c2oc(NC(=O)COC(=O)COc3ccccc3O)c(C#N)c2-c2ccc(OC)cc2)cc1. The topological polar surface area (TPSA) is 140 Å². The second-order valence-corrected chi connectivity index (χ2v) is 8.04. The second-order valence-electron chi connectivity index (χ2n) is 8.04. The first kappa shape index (κ1) is 26.6. The van der Waals surface area contributed by atoms with Crippen molar-refractivity contribution in [1.82, 2.24) is 0 Å². The van der Waals surface area contributed by atoms with Crippen LogP contribution in [0.15, 0.2) is 77.2 Å². The molecular weight excluding hydrogens is 504 g/mol. The number of carbonyl (C=O) groups excluding carboxylic acids is 2. The Kier molecular flexibility index (Phi) is 8.33. The number of nitrogens with zero attached hydrogens (tertiary/aromatic N) is 1. The van der Waals surface area contributed by atoms with Gasteiger partial charge in [0.15, 0.2) is 24.7 Å². The molecule has 4 aromatic rings. The van der Waals surface area contributed by atoms with Crippen LogP contribution in [-0.4, -0.2) is 44.4 Å². The van der Waals surface area contributed by atoms with Crippen LogP contribution in [0.5, 0.6) is 23.0 Å². The van der Waals surface area contributed by atoms with E-state index in [4.69, 9.17) is 23.4 Å². The van der Waals surface area contributed by atoms with Gasteiger partial charge in [-0.2, -0.15) is 5.26 Å². The molecule has 0 saturated carbocycles. The summed E-state index contributed by atoms with van der Waals surface area (Å²) in [7, 11) is 3.10. The van der Waals surface area contributed by atoms with Gasteiger partial charge in [-0.05, 0) is 54.1 Å². The molecule has 4 rings (SSSR count). The number of esters is 1. The summed E-state index contributed by atoms with van der Waals surface area (Å²) in [5, 5.41) is 22.2. The van der Waals surface area contributed by atoms with E-state index in [2.05, 4.69) is 11.4 Å². The molecular formula is C29H24N2O8. The Morgan fingerprint density at radius 1 is 0.897 bits per heavy atom. The van der Waals surface area contributed by atoms with Gasteiger partial charge in [0.1, 0.15) is 28.9 Å². The Labute approximate surface area is 223 Å². The van der Waals surface area contributed by atoms with Gasteiger partial charge < -0.3 is 28.5 Å². The number of amides is 1. The van der Waals surface area contributed by atoms with E-state index in [1.165, 1.54) is 12.1 Å². The average molecular weight is 529 g/mol. The largest absolute Gasteiger partial charge is 0.504 e. The van der Waals surface area contributed by atoms with Crippen LogP contribution in [0.4, 0.5) is 5.88 Å². The standard InChI is InChI=1S/C29H24N2O8/c1-35-20-11-7-18(8-12-20)27-22(15-30)29(39-28(27)19-9-13-21(36-2)14-10-19)31-25(33)16-38-26(34)17-37-24-6-4-3-5-23(24)32/h3-14,32H,16-17H2,1-2H3,(H,31,33). The zero-order valence-electron chi connectivity index (χ0n) is 21.1. The van der Waals surface area contributed by atoms with Crippen molar-refractivity contribution < 1.29 is 38.1 Å². The zero-order valence-corrected chi connectivity index (χ0v) is 21.1. The summed E-state index contributed by atoms with van der Waals surface area (Å²) < 4.78 is 26.6. The van der Waals surface area contributed by atoms with Crippen LogP contribution in [0.3, 0.4) is 0 Å². The average Bonchev–Trinajstić information content (AvgIpc) is 3.33. The smallest absolute Gasteiger partial charge is 0.344 e. The molecule has 2 N–H and O–H groups in total. The van der Waals surface area contributed by atoms with Crippen molar-refractivity contribution in [1.29, 1.82) is 5.26 Å². The zero-order chi connectivity index (χ0) is 27.8. The number of phenolic OH excluding ortho intramolecular Hbond substituents is 1. The minimum Gasteiger partial charge on any atom is -0.504 e. The fourth-order valence-corrected chi connectivity index (χ4v) is 3.67. The van der Waals surface area contributed by atoms with Crippen LogP contribution in [0, 0.1) is 11.3 Å². The number of methoxy groups -OCH3 is 2. The minimum absolute atomic E-state index is 0.0912. The highest BCUT2D eigenvalue weighted by Gasteiger charge is 2.25. The van der Waals surface area contributed by atoms with Crippen molar-refractivity contribution in [3.63, 3.8) is 0 Å². The van der Waals surface area contributed by atoms with Gasteiger partial charge in [0.25, 0.3) is 5.91 Å². The van der Waals surface area contributed by atoms with Crippen molar-refractivity contribution in [2.45, 2.75) is 0 Å². The molecule has 10 nitrogen and oxygen atoms in total. The third-order valence-corrected chi connectivity index (χ3v) is 5.58. The predicted molar refractivity (Wildman–Crippen MR) is 141 cm³/mol. The van der Waals surface area contributed by atoms with Crippen molar-refractivity contribution in [3.8, 4) is 51.5 Å². The van der Waals surface area contributed by atoms with E-state index < -0.39 is 25.1 Å². The number of hydrogen-bond donors (Lipinski definition) is 2. The summed E-state index contributed by atoms with van der Waals surface area (Å²) >= 11 is 0. The number of anilines is 1. The van der Waals surface area contributed by atoms with E-state index in [9.17, 15) is 20.0 Å². The maximum absolute atomic E-state index is 12.6. The summed E-state index contributed by atoms with van der Waals surface area (Å²) in [5.41, 5.74) is 1.86. The Morgan fingerprint density at radius 2 is 1.51 bits per heavy atom. The van der Waals surface area contributed by atoms with E-state index in [1.54, 1.807) is 74.9 Å². The molecule has 3 aromatic carbocycles. The number of carbonyl (C=O) groups is 2. The quantitative estimate of drug-likeness (QED) is 0.279. The first-order valence-corrected chi connectivity index (χ1v) is 11.7. The summed E-state index contributed by atoms with van der Waals surface area (Å²) in [6.45, 7) is -1.16. The molecule has 10 heteroatoms. The maximum atomic E-state index is 12.6. The number of rotatable bonds is 10. The fraction of sp³-hybridized carbons (Fsp3) is 0.138. The molecule has 39 heavy (non-hydrogen) atoms. The predicted octanol–water partition coefficient (Wildman–Crippen LogP) is 4.77. The van der Waals surface area contributed by atoms with E-state index >= 15 is 0 Å². The monoisotopic (exact) mass is 528 g/mol. The number of nitrogens with one attached hydrogen (secondary N) is 1. The summed E-state index contributed by atoms with van der Waals surface area (Å²) in [6, 6.07) is 22.3. The molecule has 198 valence electrons. The van der Waals surface area contributed by atoms with E-state index in [1.807, 2.05) is 0 Å². The molecule has 0 aliphatic rings. The van der Waals surface area contributed by atoms with Gasteiger partial charge in [-0.25, -0.2) is 4.79 Å². The number of phenols is 1. The Balaban J connectivity index is 1.54. The molecule has 0 spiro atoms. The number of furan rings is 1. The van der Waals surface area contributed by atoms with Gasteiger partial charge in [-0.1, -0.05) is 24.3 Å². The van der Waals surface area contributed by atoms with Gasteiger partial charge in [-0.15, -0.1) is 0 Å². The van der Waals surface area contributed by atoms with Gasteiger partial charge >= 0.3 is 5.97 Å². The molecule has 0 bridgehead atoms. The van der Waals surface area contributed by atoms with E-state index in [-0.39, 0.29) is 22.9 Å². The molecule has 0 saturated heterocycles. The lowest BCUT2D eigenvalue weighted by Crippen LogP contribution is -2.23. The highest BCUT2D eigenvalue weighted by atomic mass is 16.6. The van der Waals surface area contributed by atoms with Gasteiger partial charge in [0.05, 0.1) is 14.2 Å². The highest BCUT2D eigenvalue weighted by molar-refractivity contribution is 5.96. The van der Waals surface area contributed by atoms with Gasteiger partial charge in [0.2, 0.25) is 5.88 Å². The Morgan fingerprint density at radius 3 is 2.10 bits per heavy atom. The van der Waals surface area contributed by atoms with Crippen molar-refractivity contribution in [2.24, 2.45) is 0 Å².